The van der Waals surface area contributed by atoms with Gasteiger partial charge in [-0.1, -0.05) is 0 Å². The summed E-state index contributed by atoms with van der Waals surface area (Å²) >= 11 is 0. The minimum absolute atomic E-state index is 0.0199. The van der Waals surface area contributed by atoms with Crippen molar-refractivity contribution >= 4 is 19.7 Å². The fraction of sp³-hybridized carbons (Fsp3) is 0.300. The Morgan fingerprint density at radius 2 is 1.83 bits per heavy atom. The zero-order chi connectivity index (χ0) is 13.5. The number of hydrogen-bond donors (Lipinski definition) is 0. The molecule has 2 heterocycles. The lowest BCUT2D eigenvalue weighted by Crippen LogP contribution is -2.04. The quantitative estimate of drug-likeness (QED) is 0.782. The van der Waals surface area contributed by atoms with Crippen LogP contribution in [-0.4, -0.2) is 28.4 Å². The van der Waals surface area contributed by atoms with Crippen molar-refractivity contribution in [2.24, 2.45) is 0 Å². The highest BCUT2D eigenvalue weighted by atomic mass is 35.7. The minimum atomic E-state index is -3.82. The van der Waals surface area contributed by atoms with Gasteiger partial charge in [-0.15, -0.1) is 5.10 Å². The number of rotatable bonds is 2. The second-order valence-corrected chi connectivity index (χ2v) is 6.39. The van der Waals surface area contributed by atoms with Gasteiger partial charge in [-0.3, -0.25) is 0 Å². The van der Waals surface area contributed by atoms with Crippen LogP contribution < -0.4 is 0 Å². The molecule has 0 aliphatic carbocycles. The van der Waals surface area contributed by atoms with Gasteiger partial charge in [0.05, 0.1) is 17.1 Å². The van der Waals surface area contributed by atoms with Gasteiger partial charge in [0.25, 0.3) is 9.05 Å². The Labute approximate surface area is 109 Å². The standard InChI is InChI=1S/C10H11ClN4O2S/c1-6-4-5-9(13-12-6)15-8(3)10(7(2)14-15)18(11,16)17/h4-5H,1-3H3. The van der Waals surface area contributed by atoms with E-state index in [9.17, 15) is 8.42 Å². The maximum atomic E-state index is 11.4. The van der Waals surface area contributed by atoms with Crippen LogP contribution in [0.3, 0.4) is 0 Å². The lowest BCUT2D eigenvalue weighted by molar-refractivity contribution is 0.608. The normalized spacial score (nSPS) is 11.8. The average Bonchev–Trinajstić information content (AvgIpc) is 2.54. The van der Waals surface area contributed by atoms with E-state index in [4.69, 9.17) is 10.7 Å². The van der Waals surface area contributed by atoms with Crippen LogP contribution in [0.25, 0.3) is 5.82 Å². The number of aryl methyl sites for hydroxylation is 2. The highest BCUT2D eigenvalue weighted by molar-refractivity contribution is 8.13. The van der Waals surface area contributed by atoms with Crippen LogP contribution in [0, 0.1) is 20.8 Å². The molecular weight excluding hydrogens is 276 g/mol. The lowest BCUT2D eigenvalue weighted by Gasteiger charge is -2.02. The first-order valence-corrected chi connectivity index (χ1v) is 7.43. The van der Waals surface area contributed by atoms with E-state index in [1.165, 1.54) is 4.68 Å². The maximum absolute atomic E-state index is 11.4. The van der Waals surface area contributed by atoms with E-state index in [0.717, 1.165) is 5.69 Å². The summed E-state index contributed by atoms with van der Waals surface area (Å²) in [5.74, 6) is 0.452. The summed E-state index contributed by atoms with van der Waals surface area (Å²) < 4.78 is 24.3. The molecule has 0 saturated carbocycles. The molecule has 18 heavy (non-hydrogen) atoms. The molecule has 96 valence electrons. The molecule has 0 spiro atoms. The van der Waals surface area contributed by atoms with Gasteiger partial charge in [0.1, 0.15) is 4.90 Å². The van der Waals surface area contributed by atoms with E-state index in [0.29, 0.717) is 17.2 Å². The molecule has 0 aliphatic heterocycles. The fourth-order valence-electron chi connectivity index (χ4n) is 1.71. The highest BCUT2D eigenvalue weighted by Gasteiger charge is 2.23. The summed E-state index contributed by atoms with van der Waals surface area (Å²) in [6.45, 7) is 5.02. The first kappa shape index (κ1) is 13.0. The van der Waals surface area contributed by atoms with Crippen LogP contribution in [0.5, 0.6) is 0 Å². The van der Waals surface area contributed by atoms with Gasteiger partial charge in [0.2, 0.25) is 0 Å². The van der Waals surface area contributed by atoms with Gasteiger partial charge in [0.15, 0.2) is 5.82 Å². The summed E-state index contributed by atoms with van der Waals surface area (Å²) in [7, 11) is 1.56. The predicted molar refractivity (Wildman–Crippen MR) is 66.4 cm³/mol. The molecule has 0 unspecified atom stereocenters. The third-order valence-corrected chi connectivity index (χ3v) is 4.01. The summed E-state index contributed by atoms with van der Waals surface area (Å²) in [4.78, 5) is 0.0199. The van der Waals surface area contributed by atoms with Crippen LogP contribution in [-0.2, 0) is 9.05 Å². The molecule has 0 saturated heterocycles. The largest absolute Gasteiger partial charge is 0.264 e. The highest BCUT2D eigenvalue weighted by Crippen LogP contribution is 2.24. The Balaban J connectivity index is 2.65. The van der Waals surface area contributed by atoms with Gasteiger partial charge in [-0.05, 0) is 32.9 Å². The van der Waals surface area contributed by atoms with E-state index in [-0.39, 0.29) is 4.90 Å². The van der Waals surface area contributed by atoms with Gasteiger partial charge in [-0.2, -0.15) is 10.2 Å². The molecule has 0 amide bonds. The van der Waals surface area contributed by atoms with Crippen LogP contribution in [0.2, 0.25) is 0 Å². The number of hydrogen-bond acceptors (Lipinski definition) is 5. The SMILES string of the molecule is Cc1ccc(-n2nc(C)c(S(=O)(=O)Cl)c2C)nn1. The third-order valence-electron chi connectivity index (χ3n) is 2.47. The number of aromatic nitrogens is 4. The maximum Gasteiger partial charge on any atom is 0.264 e. The van der Waals surface area contributed by atoms with Crippen LogP contribution in [0.15, 0.2) is 17.0 Å². The molecule has 2 aromatic rings. The Morgan fingerprint density at radius 1 is 1.17 bits per heavy atom. The van der Waals surface area contributed by atoms with Crippen molar-refractivity contribution in [3.63, 3.8) is 0 Å². The molecule has 2 rings (SSSR count). The number of nitrogens with zero attached hydrogens (tertiary/aromatic N) is 4. The molecule has 0 radical (unpaired) electrons. The van der Waals surface area contributed by atoms with Gasteiger partial charge in [0, 0.05) is 10.7 Å². The Kier molecular flexibility index (Phi) is 3.12. The van der Waals surface area contributed by atoms with Crippen molar-refractivity contribution in [2.45, 2.75) is 25.7 Å². The second kappa shape index (κ2) is 4.33. The van der Waals surface area contributed by atoms with Crippen LogP contribution in [0.4, 0.5) is 0 Å². The summed E-state index contributed by atoms with van der Waals surface area (Å²) in [6, 6.07) is 3.49. The smallest absolute Gasteiger partial charge is 0.216 e. The van der Waals surface area contributed by atoms with E-state index >= 15 is 0 Å². The zero-order valence-corrected chi connectivity index (χ0v) is 11.6. The van der Waals surface area contributed by atoms with Gasteiger partial charge in [-0.25, -0.2) is 13.1 Å². The second-order valence-electron chi connectivity index (χ2n) is 3.88. The summed E-state index contributed by atoms with van der Waals surface area (Å²) in [6.07, 6.45) is 0. The Morgan fingerprint density at radius 3 is 2.28 bits per heavy atom. The molecule has 0 atom stereocenters. The van der Waals surface area contributed by atoms with E-state index in [1.807, 2.05) is 6.92 Å². The topological polar surface area (TPSA) is 77.7 Å². The van der Waals surface area contributed by atoms with Crippen molar-refractivity contribution in [3.05, 3.63) is 29.2 Å². The van der Waals surface area contributed by atoms with Crippen molar-refractivity contribution in [3.8, 4) is 5.82 Å². The van der Waals surface area contributed by atoms with E-state index in [2.05, 4.69) is 15.3 Å². The molecule has 0 N–H and O–H groups in total. The molecule has 8 heteroatoms. The first-order valence-electron chi connectivity index (χ1n) is 5.12. The van der Waals surface area contributed by atoms with Crippen molar-refractivity contribution < 1.29 is 8.42 Å². The molecular formula is C10H11ClN4O2S. The van der Waals surface area contributed by atoms with Gasteiger partial charge < -0.3 is 0 Å². The molecule has 6 nitrogen and oxygen atoms in total. The van der Waals surface area contributed by atoms with Crippen LogP contribution >= 0.6 is 10.7 Å². The molecule has 0 aliphatic rings. The fourth-order valence-corrected chi connectivity index (χ4v) is 3.21. The molecule has 0 aromatic carbocycles. The van der Waals surface area contributed by atoms with E-state index < -0.39 is 9.05 Å². The third kappa shape index (κ3) is 2.23. The minimum Gasteiger partial charge on any atom is -0.216 e. The Bertz CT molecular complexity index is 691. The number of halogens is 1. The first-order chi connectivity index (χ1) is 8.30. The van der Waals surface area contributed by atoms with Crippen molar-refractivity contribution in [2.75, 3.05) is 0 Å². The van der Waals surface area contributed by atoms with E-state index in [1.54, 1.807) is 26.0 Å². The summed E-state index contributed by atoms with van der Waals surface area (Å²) in [5, 5.41) is 12.0. The van der Waals surface area contributed by atoms with Crippen molar-refractivity contribution in [1.29, 1.82) is 0 Å². The lowest BCUT2D eigenvalue weighted by atomic mass is 10.4. The van der Waals surface area contributed by atoms with Crippen molar-refractivity contribution in [1.82, 2.24) is 20.0 Å². The molecule has 2 aromatic heterocycles. The zero-order valence-electron chi connectivity index (χ0n) is 10.0. The Hall–Kier alpha value is -1.47. The monoisotopic (exact) mass is 286 g/mol. The summed E-state index contributed by atoms with van der Waals surface area (Å²) in [5.41, 5.74) is 1.52. The van der Waals surface area contributed by atoms with Crippen LogP contribution in [0.1, 0.15) is 17.1 Å². The molecule has 0 fully saturated rings. The van der Waals surface area contributed by atoms with Gasteiger partial charge >= 0.3 is 0 Å². The molecule has 0 bridgehead atoms. The predicted octanol–water partition coefficient (Wildman–Crippen LogP) is 1.52. The average molecular weight is 287 g/mol.